The fraction of sp³-hybridized carbons (Fsp3) is 1.00. The lowest BCUT2D eigenvalue weighted by Gasteiger charge is -2.25. The van der Waals surface area contributed by atoms with Crippen LogP contribution in [0.25, 0.3) is 0 Å². The van der Waals surface area contributed by atoms with Crippen molar-refractivity contribution in [1.29, 1.82) is 0 Å². The molecule has 0 aromatic carbocycles. The largest absolute Gasteiger partial charge is 0.379 e. The van der Waals surface area contributed by atoms with E-state index in [1.165, 1.54) is 19.5 Å². The Hall–Kier alpha value is -0.120. The van der Waals surface area contributed by atoms with E-state index in [1.807, 2.05) is 7.05 Å². The molecule has 1 aliphatic heterocycles. The first-order valence-electron chi connectivity index (χ1n) is 5.79. The van der Waals surface area contributed by atoms with E-state index in [9.17, 15) is 0 Å². The number of hydrogen-bond donors (Lipinski definition) is 1. The second kappa shape index (κ2) is 6.38. The molecule has 0 aromatic rings. The van der Waals surface area contributed by atoms with Crippen LogP contribution in [0.5, 0.6) is 0 Å². The third-order valence-electron chi connectivity index (χ3n) is 3.05. The summed E-state index contributed by atoms with van der Waals surface area (Å²) in [6.07, 6.45) is 1.24. The van der Waals surface area contributed by atoms with E-state index in [2.05, 4.69) is 24.1 Å². The molecule has 1 fully saturated rings. The van der Waals surface area contributed by atoms with Crippen LogP contribution in [0, 0.1) is 5.92 Å². The standard InChI is InChI=1S/C11H24N2O/c1-4-6-13(5-2)7-10-8-14-9-11(10)12-3/h10-12H,4-9H2,1-3H3. The fourth-order valence-electron chi connectivity index (χ4n) is 2.12. The Labute approximate surface area is 87.8 Å². The molecule has 0 aliphatic carbocycles. The van der Waals surface area contributed by atoms with Crippen molar-refractivity contribution < 1.29 is 4.74 Å². The molecule has 3 heteroatoms. The van der Waals surface area contributed by atoms with Crippen LogP contribution in [-0.4, -0.2) is 50.8 Å². The van der Waals surface area contributed by atoms with Crippen LogP contribution in [0.15, 0.2) is 0 Å². The number of hydrogen-bond acceptors (Lipinski definition) is 3. The maximum Gasteiger partial charge on any atom is 0.0623 e. The Bertz CT molecular complexity index is 152. The zero-order chi connectivity index (χ0) is 10.4. The van der Waals surface area contributed by atoms with Gasteiger partial charge in [0.1, 0.15) is 0 Å². The van der Waals surface area contributed by atoms with Crippen molar-refractivity contribution in [3.8, 4) is 0 Å². The van der Waals surface area contributed by atoms with Gasteiger partial charge in [-0.1, -0.05) is 13.8 Å². The highest BCUT2D eigenvalue weighted by Gasteiger charge is 2.27. The van der Waals surface area contributed by atoms with E-state index in [1.54, 1.807) is 0 Å². The molecule has 0 bridgehead atoms. The van der Waals surface area contributed by atoms with Crippen molar-refractivity contribution in [3.63, 3.8) is 0 Å². The van der Waals surface area contributed by atoms with E-state index >= 15 is 0 Å². The molecule has 1 saturated heterocycles. The Balaban J connectivity index is 2.32. The molecule has 14 heavy (non-hydrogen) atoms. The van der Waals surface area contributed by atoms with Gasteiger partial charge in [-0.2, -0.15) is 0 Å². The Morgan fingerprint density at radius 2 is 2.14 bits per heavy atom. The predicted molar refractivity (Wildman–Crippen MR) is 59.6 cm³/mol. The fourth-order valence-corrected chi connectivity index (χ4v) is 2.12. The minimum atomic E-state index is 0.556. The van der Waals surface area contributed by atoms with Gasteiger partial charge in [0.15, 0.2) is 0 Å². The number of likely N-dealkylation sites (N-methyl/N-ethyl adjacent to an activating group) is 1. The average Bonchev–Trinajstić information content (AvgIpc) is 2.64. The minimum absolute atomic E-state index is 0.556. The second-order valence-corrected chi connectivity index (χ2v) is 4.09. The summed E-state index contributed by atoms with van der Waals surface area (Å²) in [6.45, 7) is 9.82. The van der Waals surface area contributed by atoms with Crippen LogP contribution < -0.4 is 5.32 Å². The van der Waals surface area contributed by atoms with E-state index in [0.29, 0.717) is 12.0 Å². The average molecular weight is 200 g/mol. The van der Waals surface area contributed by atoms with Gasteiger partial charge in [0.2, 0.25) is 0 Å². The summed E-state index contributed by atoms with van der Waals surface area (Å²) < 4.78 is 5.49. The molecule has 1 aliphatic rings. The molecule has 0 aromatic heterocycles. The highest BCUT2D eigenvalue weighted by atomic mass is 16.5. The van der Waals surface area contributed by atoms with Gasteiger partial charge in [0, 0.05) is 18.5 Å². The van der Waals surface area contributed by atoms with Crippen LogP contribution in [-0.2, 0) is 4.74 Å². The van der Waals surface area contributed by atoms with Crippen molar-refractivity contribution in [1.82, 2.24) is 10.2 Å². The number of ether oxygens (including phenoxy) is 1. The van der Waals surface area contributed by atoms with E-state index in [4.69, 9.17) is 4.74 Å². The van der Waals surface area contributed by atoms with Gasteiger partial charge in [-0.05, 0) is 26.6 Å². The quantitative estimate of drug-likeness (QED) is 0.691. The van der Waals surface area contributed by atoms with Crippen LogP contribution >= 0.6 is 0 Å². The van der Waals surface area contributed by atoms with Crippen molar-refractivity contribution in [2.45, 2.75) is 26.3 Å². The molecule has 0 saturated carbocycles. The van der Waals surface area contributed by atoms with E-state index in [-0.39, 0.29) is 0 Å². The lowest BCUT2D eigenvalue weighted by Crippen LogP contribution is -2.40. The Kier molecular flexibility index (Phi) is 5.45. The summed E-state index contributed by atoms with van der Waals surface area (Å²) in [5.41, 5.74) is 0. The van der Waals surface area contributed by atoms with Gasteiger partial charge in [-0.25, -0.2) is 0 Å². The van der Waals surface area contributed by atoms with Crippen molar-refractivity contribution in [2.24, 2.45) is 5.92 Å². The van der Waals surface area contributed by atoms with Gasteiger partial charge in [-0.3, -0.25) is 0 Å². The highest BCUT2D eigenvalue weighted by Crippen LogP contribution is 2.14. The second-order valence-electron chi connectivity index (χ2n) is 4.09. The van der Waals surface area contributed by atoms with Crippen LogP contribution in [0.2, 0.25) is 0 Å². The summed E-state index contributed by atoms with van der Waals surface area (Å²) in [5.74, 6) is 0.673. The van der Waals surface area contributed by atoms with Gasteiger partial charge in [0.05, 0.1) is 13.2 Å². The third-order valence-corrected chi connectivity index (χ3v) is 3.05. The molecule has 0 radical (unpaired) electrons. The minimum Gasteiger partial charge on any atom is -0.379 e. The normalized spacial score (nSPS) is 27.4. The van der Waals surface area contributed by atoms with Crippen LogP contribution in [0.1, 0.15) is 20.3 Å². The number of nitrogens with zero attached hydrogens (tertiary/aromatic N) is 1. The first kappa shape index (κ1) is 12.0. The molecule has 2 unspecified atom stereocenters. The van der Waals surface area contributed by atoms with Gasteiger partial charge in [0.25, 0.3) is 0 Å². The van der Waals surface area contributed by atoms with Gasteiger partial charge >= 0.3 is 0 Å². The monoisotopic (exact) mass is 200 g/mol. The Morgan fingerprint density at radius 3 is 2.71 bits per heavy atom. The molecule has 84 valence electrons. The first-order valence-corrected chi connectivity index (χ1v) is 5.79. The molecular weight excluding hydrogens is 176 g/mol. The van der Waals surface area contributed by atoms with Crippen LogP contribution in [0.3, 0.4) is 0 Å². The van der Waals surface area contributed by atoms with E-state index in [0.717, 1.165) is 19.8 Å². The maximum absolute atomic E-state index is 5.49. The predicted octanol–water partition coefficient (Wildman–Crippen LogP) is 0.953. The molecule has 1 N–H and O–H groups in total. The Morgan fingerprint density at radius 1 is 1.36 bits per heavy atom. The SMILES string of the molecule is CCCN(CC)CC1COCC1NC. The molecular formula is C11H24N2O. The zero-order valence-electron chi connectivity index (χ0n) is 9.75. The van der Waals surface area contributed by atoms with Crippen molar-refractivity contribution in [2.75, 3.05) is 39.9 Å². The summed E-state index contributed by atoms with van der Waals surface area (Å²) in [4.78, 5) is 2.52. The highest BCUT2D eigenvalue weighted by molar-refractivity contribution is 4.82. The molecule has 0 amide bonds. The number of rotatable bonds is 6. The zero-order valence-corrected chi connectivity index (χ0v) is 9.75. The third kappa shape index (κ3) is 3.23. The molecule has 3 nitrogen and oxygen atoms in total. The summed E-state index contributed by atoms with van der Waals surface area (Å²) in [7, 11) is 2.03. The first-order chi connectivity index (χ1) is 6.81. The maximum atomic E-state index is 5.49. The smallest absolute Gasteiger partial charge is 0.0623 e. The summed E-state index contributed by atoms with van der Waals surface area (Å²) in [6, 6.07) is 0.556. The van der Waals surface area contributed by atoms with Crippen LogP contribution in [0.4, 0.5) is 0 Å². The van der Waals surface area contributed by atoms with Crippen molar-refractivity contribution in [3.05, 3.63) is 0 Å². The number of nitrogens with one attached hydrogen (secondary N) is 1. The molecule has 1 heterocycles. The lowest BCUT2D eigenvalue weighted by molar-refractivity contribution is 0.168. The van der Waals surface area contributed by atoms with E-state index < -0.39 is 0 Å². The molecule has 1 rings (SSSR count). The molecule has 0 spiro atoms. The topological polar surface area (TPSA) is 24.5 Å². The molecule has 2 atom stereocenters. The van der Waals surface area contributed by atoms with Gasteiger partial charge < -0.3 is 15.0 Å². The van der Waals surface area contributed by atoms with Crippen molar-refractivity contribution >= 4 is 0 Å². The summed E-state index contributed by atoms with van der Waals surface area (Å²) in [5, 5.41) is 3.33. The van der Waals surface area contributed by atoms with Gasteiger partial charge in [-0.15, -0.1) is 0 Å². The summed E-state index contributed by atoms with van der Waals surface area (Å²) >= 11 is 0. The lowest BCUT2D eigenvalue weighted by atomic mass is 10.0.